The third-order valence-electron chi connectivity index (χ3n) is 4.27. The Hall–Kier alpha value is -1.81. The van der Waals surface area contributed by atoms with Crippen LogP contribution in [0.25, 0.3) is 10.9 Å². The number of H-pyrrole nitrogens is 1. The van der Waals surface area contributed by atoms with Crippen LogP contribution in [0.1, 0.15) is 42.0 Å². The third kappa shape index (κ3) is 2.20. The smallest absolute Gasteiger partial charge is 0.325 e. The molecule has 0 radical (unpaired) electrons. The first-order chi connectivity index (χ1) is 9.70. The molecule has 1 aromatic carbocycles. The number of hydrogen-bond acceptors (Lipinski definition) is 2. The maximum absolute atomic E-state index is 11.3. The number of hydrogen-bond donors (Lipinski definition) is 3. The van der Waals surface area contributed by atoms with Crippen LogP contribution in [0.3, 0.4) is 0 Å². The molecule has 2 aromatic rings. The highest BCUT2D eigenvalue weighted by Gasteiger charge is 2.22. The lowest BCUT2D eigenvalue weighted by molar-refractivity contribution is -0.139. The largest absolute Gasteiger partial charge is 0.480 e. The highest BCUT2D eigenvalue weighted by atomic mass is 16.4. The summed E-state index contributed by atoms with van der Waals surface area (Å²) in [6.45, 7) is 0. The topological polar surface area (TPSA) is 65.1 Å². The lowest BCUT2D eigenvalue weighted by Gasteiger charge is -2.11. The summed E-state index contributed by atoms with van der Waals surface area (Å²) in [5.41, 5.74) is 4.67. The van der Waals surface area contributed by atoms with Gasteiger partial charge >= 0.3 is 5.97 Å². The van der Waals surface area contributed by atoms with E-state index in [-0.39, 0.29) is 0 Å². The fourth-order valence-electron chi connectivity index (χ4n) is 3.20. The van der Waals surface area contributed by atoms with Crippen molar-refractivity contribution in [3.63, 3.8) is 0 Å². The number of aliphatic carboxylic acids is 1. The van der Waals surface area contributed by atoms with Crippen LogP contribution < -0.4 is 5.32 Å². The van der Waals surface area contributed by atoms with Crippen molar-refractivity contribution in [1.29, 1.82) is 0 Å². The van der Waals surface area contributed by atoms with Crippen molar-refractivity contribution in [3.05, 3.63) is 35.0 Å². The van der Waals surface area contributed by atoms with Gasteiger partial charge < -0.3 is 15.4 Å². The zero-order valence-electron chi connectivity index (χ0n) is 11.7. The Morgan fingerprint density at radius 1 is 1.25 bits per heavy atom. The lowest BCUT2D eigenvalue weighted by Crippen LogP contribution is -2.24. The van der Waals surface area contributed by atoms with Gasteiger partial charge in [-0.05, 0) is 56.0 Å². The molecule has 0 saturated carbocycles. The van der Waals surface area contributed by atoms with Crippen molar-refractivity contribution in [3.8, 4) is 0 Å². The van der Waals surface area contributed by atoms with E-state index in [1.54, 1.807) is 7.05 Å². The molecule has 1 atom stereocenters. The molecule has 1 aliphatic rings. The zero-order valence-corrected chi connectivity index (χ0v) is 11.7. The Balaban J connectivity index is 2.12. The van der Waals surface area contributed by atoms with Crippen LogP contribution >= 0.6 is 0 Å². The normalized spacial score (nSPS) is 16.6. The molecule has 4 heteroatoms. The van der Waals surface area contributed by atoms with Gasteiger partial charge in [-0.2, -0.15) is 0 Å². The van der Waals surface area contributed by atoms with Crippen LogP contribution in [-0.4, -0.2) is 23.1 Å². The average Bonchev–Trinajstić information content (AvgIpc) is 2.68. The van der Waals surface area contributed by atoms with E-state index in [0.717, 1.165) is 29.3 Å². The van der Waals surface area contributed by atoms with Gasteiger partial charge in [-0.1, -0.05) is 6.42 Å². The molecule has 1 aliphatic carbocycles. The van der Waals surface area contributed by atoms with Crippen LogP contribution in [0.4, 0.5) is 0 Å². The highest BCUT2D eigenvalue weighted by molar-refractivity contribution is 5.90. The number of carbonyl (C=O) groups is 1. The van der Waals surface area contributed by atoms with Crippen LogP contribution in [-0.2, 0) is 17.6 Å². The summed E-state index contributed by atoms with van der Waals surface area (Å²) in [5, 5.41) is 13.2. The summed E-state index contributed by atoms with van der Waals surface area (Å²) in [7, 11) is 1.68. The monoisotopic (exact) mass is 272 g/mol. The molecule has 0 spiro atoms. The van der Waals surface area contributed by atoms with Crippen molar-refractivity contribution in [1.82, 2.24) is 10.3 Å². The Kier molecular flexibility index (Phi) is 3.49. The highest BCUT2D eigenvalue weighted by Crippen LogP contribution is 2.30. The molecule has 3 N–H and O–H groups in total. The Morgan fingerprint density at radius 2 is 1.95 bits per heavy atom. The lowest BCUT2D eigenvalue weighted by atomic mass is 9.97. The number of benzene rings is 1. The van der Waals surface area contributed by atoms with Gasteiger partial charge in [0.15, 0.2) is 0 Å². The number of aryl methyl sites for hydroxylation is 2. The van der Waals surface area contributed by atoms with Crippen molar-refractivity contribution < 1.29 is 9.90 Å². The number of fused-ring (bicyclic) bond motifs is 2. The minimum atomic E-state index is -0.844. The molecule has 20 heavy (non-hydrogen) atoms. The van der Waals surface area contributed by atoms with Gasteiger partial charge in [0.05, 0.1) is 0 Å². The maximum atomic E-state index is 11.3. The van der Waals surface area contributed by atoms with Gasteiger partial charge in [0, 0.05) is 22.7 Å². The molecule has 1 heterocycles. The molecule has 0 amide bonds. The maximum Gasteiger partial charge on any atom is 0.325 e. The minimum absolute atomic E-state index is 0.660. The summed E-state index contributed by atoms with van der Waals surface area (Å²) in [4.78, 5) is 14.6. The molecule has 0 aliphatic heterocycles. The summed E-state index contributed by atoms with van der Waals surface area (Å²) >= 11 is 0. The molecule has 0 fully saturated rings. The van der Waals surface area contributed by atoms with Gasteiger partial charge in [0.2, 0.25) is 0 Å². The van der Waals surface area contributed by atoms with E-state index in [1.165, 1.54) is 30.4 Å². The SMILES string of the molecule is CNC(C(=O)O)c1c[nH]c2cc3c(cc12)CCCCC3. The van der Waals surface area contributed by atoms with E-state index < -0.39 is 12.0 Å². The van der Waals surface area contributed by atoms with Crippen molar-refractivity contribution >= 4 is 16.9 Å². The molecule has 4 nitrogen and oxygen atoms in total. The van der Waals surface area contributed by atoms with Gasteiger partial charge in [-0.3, -0.25) is 4.79 Å². The van der Waals surface area contributed by atoms with Gasteiger partial charge in [-0.15, -0.1) is 0 Å². The number of nitrogens with one attached hydrogen (secondary N) is 2. The first-order valence-corrected chi connectivity index (χ1v) is 7.23. The molecule has 1 aromatic heterocycles. The van der Waals surface area contributed by atoms with E-state index in [0.29, 0.717) is 0 Å². The molecule has 1 unspecified atom stereocenters. The predicted molar refractivity (Wildman–Crippen MR) is 79.0 cm³/mol. The first-order valence-electron chi connectivity index (χ1n) is 7.23. The summed E-state index contributed by atoms with van der Waals surface area (Å²) < 4.78 is 0. The van der Waals surface area contributed by atoms with Gasteiger partial charge in [-0.25, -0.2) is 0 Å². The molecule has 0 bridgehead atoms. The Bertz CT molecular complexity index is 645. The fourth-order valence-corrected chi connectivity index (χ4v) is 3.20. The fraction of sp³-hybridized carbons (Fsp3) is 0.438. The van der Waals surface area contributed by atoms with Crippen molar-refractivity contribution in [2.45, 2.75) is 38.1 Å². The van der Waals surface area contributed by atoms with Crippen LogP contribution in [0, 0.1) is 0 Å². The first kappa shape index (κ1) is 13.2. The van der Waals surface area contributed by atoms with E-state index in [2.05, 4.69) is 22.4 Å². The third-order valence-corrected chi connectivity index (χ3v) is 4.27. The number of carboxylic acids is 1. The molecular weight excluding hydrogens is 252 g/mol. The quantitative estimate of drug-likeness (QED) is 0.753. The summed E-state index contributed by atoms with van der Waals surface area (Å²) in [5.74, 6) is -0.844. The number of likely N-dealkylation sites (N-methyl/N-ethyl adjacent to an activating group) is 1. The Morgan fingerprint density at radius 3 is 2.60 bits per heavy atom. The van der Waals surface area contributed by atoms with Crippen LogP contribution in [0.15, 0.2) is 18.3 Å². The van der Waals surface area contributed by atoms with Crippen LogP contribution in [0.2, 0.25) is 0 Å². The van der Waals surface area contributed by atoms with Crippen LogP contribution in [0.5, 0.6) is 0 Å². The number of carboxylic acid groups (broad SMARTS) is 1. The van der Waals surface area contributed by atoms with Crippen molar-refractivity contribution in [2.24, 2.45) is 0 Å². The average molecular weight is 272 g/mol. The van der Waals surface area contributed by atoms with Crippen molar-refractivity contribution in [2.75, 3.05) is 7.05 Å². The molecule has 0 saturated heterocycles. The number of aromatic amines is 1. The van der Waals surface area contributed by atoms with Gasteiger partial charge in [0.1, 0.15) is 6.04 Å². The standard InChI is InChI=1S/C16H20N2O2/c1-17-15(16(19)20)13-9-18-14-8-11-6-4-2-3-5-10(11)7-12(13)14/h7-9,15,17-18H,2-6H2,1H3,(H,19,20). The predicted octanol–water partition coefficient (Wildman–Crippen LogP) is 2.78. The zero-order chi connectivity index (χ0) is 14.1. The van der Waals surface area contributed by atoms with E-state index in [9.17, 15) is 9.90 Å². The summed E-state index contributed by atoms with van der Waals surface area (Å²) in [6, 6.07) is 3.73. The summed E-state index contributed by atoms with van der Waals surface area (Å²) in [6.07, 6.45) is 7.82. The second-order valence-corrected chi connectivity index (χ2v) is 5.53. The van der Waals surface area contributed by atoms with Gasteiger partial charge in [0.25, 0.3) is 0 Å². The molecule has 3 rings (SSSR count). The van der Waals surface area contributed by atoms with E-state index >= 15 is 0 Å². The second-order valence-electron chi connectivity index (χ2n) is 5.53. The minimum Gasteiger partial charge on any atom is -0.480 e. The van der Waals surface area contributed by atoms with E-state index in [1.807, 2.05) is 6.20 Å². The number of aromatic nitrogens is 1. The Labute approximate surface area is 118 Å². The second kappa shape index (κ2) is 5.29. The number of rotatable bonds is 3. The molecular formula is C16H20N2O2. The molecule has 106 valence electrons. The van der Waals surface area contributed by atoms with E-state index in [4.69, 9.17) is 0 Å².